The molecule has 2 aliphatic rings. The van der Waals surface area contributed by atoms with Crippen molar-refractivity contribution < 1.29 is 0 Å². The van der Waals surface area contributed by atoms with Gasteiger partial charge in [-0.1, -0.05) is 12.1 Å². The van der Waals surface area contributed by atoms with Gasteiger partial charge in [-0.15, -0.1) is 0 Å². The molecule has 3 atom stereocenters. The number of aromatic nitrogens is 2. The fourth-order valence-corrected chi connectivity index (χ4v) is 3.55. The van der Waals surface area contributed by atoms with Crippen LogP contribution in [0.5, 0.6) is 0 Å². The minimum atomic E-state index is 0.602. The summed E-state index contributed by atoms with van der Waals surface area (Å²) in [7, 11) is 0. The molecule has 3 unspecified atom stereocenters. The van der Waals surface area contributed by atoms with Crippen molar-refractivity contribution in [2.24, 2.45) is 5.92 Å². The van der Waals surface area contributed by atoms with Gasteiger partial charge in [0.1, 0.15) is 0 Å². The number of anilines is 1. The zero-order valence-corrected chi connectivity index (χ0v) is 11.6. The van der Waals surface area contributed by atoms with E-state index in [1.807, 2.05) is 23.1 Å². The summed E-state index contributed by atoms with van der Waals surface area (Å²) >= 11 is 0. The molecule has 20 heavy (non-hydrogen) atoms. The molecule has 104 valence electrons. The van der Waals surface area contributed by atoms with Gasteiger partial charge in [-0.3, -0.25) is 0 Å². The summed E-state index contributed by atoms with van der Waals surface area (Å²) in [5.41, 5.74) is 2.33. The molecule has 2 fully saturated rings. The SMILES string of the molecule is c1ccc(-n2cccn2)c(NC2CCN3CCC2C3)c1. The lowest BCUT2D eigenvalue weighted by molar-refractivity contribution is 0.255. The van der Waals surface area contributed by atoms with Crippen LogP contribution in [0.2, 0.25) is 0 Å². The van der Waals surface area contributed by atoms with Gasteiger partial charge in [0, 0.05) is 31.5 Å². The summed E-state index contributed by atoms with van der Waals surface area (Å²) in [5, 5.41) is 8.13. The van der Waals surface area contributed by atoms with Crippen molar-refractivity contribution in [1.29, 1.82) is 0 Å². The van der Waals surface area contributed by atoms with Crippen LogP contribution in [0.25, 0.3) is 5.69 Å². The van der Waals surface area contributed by atoms with Gasteiger partial charge < -0.3 is 10.2 Å². The standard InChI is InChI=1S/C16H20N4/c1-2-5-16(20-9-3-8-17-20)15(4-1)18-14-7-11-19-10-6-13(14)12-19/h1-5,8-9,13-14,18H,6-7,10-12H2. The van der Waals surface area contributed by atoms with Crippen molar-refractivity contribution in [3.63, 3.8) is 0 Å². The van der Waals surface area contributed by atoms with Crippen molar-refractivity contribution in [2.75, 3.05) is 25.0 Å². The molecule has 2 saturated heterocycles. The predicted octanol–water partition coefficient (Wildman–Crippen LogP) is 2.38. The number of rotatable bonds is 3. The molecule has 4 nitrogen and oxygen atoms in total. The van der Waals surface area contributed by atoms with Crippen LogP contribution in [0.4, 0.5) is 5.69 Å². The van der Waals surface area contributed by atoms with E-state index in [1.54, 1.807) is 0 Å². The Morgan fingerprint density at radius 2 is 2.00 bits per heavy atom. The number of benzene rings is 1. The first kappa shape index (κ1) is 12.0. The highest BCUT2D eigenvalue weighted by Gasteiger charge is 2.34. The Morgan fingerprint density at radius 1 is 1.10 bits per heavy atom. The normalized spacial score (nSPS) is 28.5. The molecule has 4 heteroatoms. The Bertz CT molecular complexity index is 578. The van der Waals surface area contributed by atoms with E-state index in [1.165, 1.54) is 38.2 Å². The Labute approximate surface area is 119 Å². The molecular formula is C16H20N4. The number of nitrogens with one attached hydrogen (secondary N) is 1. The molecule has 4 rings (SSSR count). The lowest BCUT2D eigenvalue weighted by atomic mass is 9.94. The third-order valence-corrected chi connectivity index (χ3v) is 4.63. The average molecular weight is 268 g/mol. The summed E-state index contributed by atoms with van der Waals surface area (Å²) in [4.78, 5) is 2.59. The van der Waals surface area contributed by atoms with Crippen LogP contribution >= 0.6 is 0 Å². The molecule has 2 bridgehead atoms. The van der Waals surface area contributed by atoms with Crippen molar-refractivity contribution in [2.45, 2.75) is 18.9 Å². The van der Waals surface area contributed by atoms with Crippen molar-refractivity contribution in [1.82, 2.24) is 14.7 Å². The second-order valence-electron chi connectivity index (χ2n) is 5.86. The first-order chi connectivity index (χ1) is 9.90. The van der Waals surface area contributed by atoms with Gasteiger partial charge >= 0.3 is 0 Å². The maximum Gasteiger partial charge on any atom is 0.0876 e. The van der Waals surface area contributed by atoms with Crippen molar-refractivity contribution in [3.05, 3.63) is 42.7 Å². The Balaban J connectivity index is 1.60. The fraction of sp³-hybridized carbons (Fsp3) is 0.438. The lowest BCUT2D eigenvalue weighted by Crippen LogP contribution is -2.39. The van der Waals surface area contributed by atoms with Gasteiger partial charge in [0.05, 0.1) is 11.4 Å². The summed E-state index contributed by atoms with van der Waals surface area (Å²) < 4.78 is 1.94. The second kappa shape index (κ2) is 4.94. The van der Waals surface area contributed by atoms with Crippen LogP contribution in [0, 0.1) is 5.92 Å². The third-order valence-electron chi connectivity index (χ3n) is 4.63. The monoisotopic (exact) mass is 268 g/mol. The van der Waals surface area contributed by atoms with E-state index >= 15 is 0 Å². The lowest BCUT2D eigenvalue weighted by Gasteiger charge is -2.32. The molecule has 0 amide bonds. The fourth-order valence-electron chi connectivity index (χ4n) is 3.55. The van der Waals surface area contributed by atoms with E-state index in [0.29, 0.717) is 6.04 Å². The quantitative estimate of drug-likeness (QED) is 0.928. The van der Waals surface area contributed by atoms with Gasteiger partial charge in [-0.05, 0) is 43.5 Å². The van der Waals surface area contributed by atoms with Gasteiger partial charge in [0.25, 0.3) is 0 Å². The molecule has 3 heterocycles. The summed E-state index contributed by atoms with van der Waals surface area (Å²) in [5.74, 6) is 0.800. The number of fused-ring (bicyclic) bond motifs is 2. The Hall–Kier alpha value is -1.81. The molecule has 2 aliphatic heterocycles. The molecule has 0 saturated carbocycles. The minimum absolute atomic E-state index is 0.602. The van der Waals surface area contributed by atoms with E-state index in [9.17, 15) is 0 Å². The average Bonchev–Trinajstić information content (AvgIpc) is 3.13. The third kappa shape index (κ3) is 2.10. The highest BCUT2D eigenvalue weighted by atomic mass is 15.3. The highest BCUT2D eigenvalue weighted by Crippen LogP contribution is 2.31. The number of piperidine rings is 1. The highest BCUT2D eigenvalue weighted by molar-refractivity contribution is 5.61. The zero-order chi connectivity index (χ0) is 13.4. The smallest absolute Gasteiger partial charge is 0.0876 e. The molecule has 0 radical (unpaired) electrons. The summed E-state index contributed by atoms with van der Waals surface area (Å²) in [6.45, 7) is 3.78. The van der Waals surface area contributed by atoms with Gasteiger partial charge in [-0.2, -0.15) is 5.10 Å². The predicted molar refractivity (Wildman–Crippen MR) is 80.1 cm³/mol. The van der Waals surface area contributed by atoms with E-state index in [0.717, 1.165) is 11.6 Å². The molecule has 0 aliphatic carbocycles. The minimum Gasteiger partial charge on any atom is -0.380 e. The maximum absolute atomic E-state index is 4.36. The molecule has 2 aromatic rings. The van der Waals surface area contributed by atoms with E-state index in [4.69, 9.17) is 0 Å². The first-order valence-corrected chi connectivity index (χ1v) is 7.48. The van der Waals surface area contributed by atoms with Crippen molar-refractivity contribution >= 4 is 5.69 Å². The second-order valence-corrected chi connectivity index (χ2v) is 5.86. The topological polar surface area (TPSA) is 33.1 Å². The number of hydrogen-bond acceptors (Lipinski definition) is 3. The van der Waals surface area contributed by atoms with Gasteiger partial charge in [0.15, 0.2) is 0 Å². The van der Waals surface area contributed by atoms with Crippen LogP contribution in [-0.4, -0.2) is 40.4 Å². The van der Waals surface area contributed by atoms with Crippen LogP contribution < -0.4 is 5.32 Å². The zero-order valence-electron chi connectivity index (χ0n) is 11.6. The van der Waals surface area contributed by atoms with Crippen LogP contribution in [-0.2, 0) is 0 Å². The van der Waals surface area contributed by atoms with Gasteiger partial charge in [0.2, 0.25) is 0 Å². The summed E-state index contributed by atoms with van der Waals surface area (Å²) in [6, 6.07) is 11.0. The number of para-hydroxylation sites is 2. The summed E-state index contributed by atoms with van der Waals surface area (Å²) in [6.07, 6.45) is 6.41. The van der Waals surface area contributed by atoms with Crippen molar-refractivity contribution in [3.8, 4) is 5.69 Å². The maximum atomic E-state index is 4.36. The largest absolute Gasteiger partial charge is 0.380 e. The van der Waals surface area contributed by atoms with Crippen LogP contribution in [0.15, 0.2) is 42.7 Å². The Kier molecular flexibility index (Phi) is 2.96. The number of nitrogens with zero attached hydrogens (tertiary/aromatic N) is 3. The van der Waals surface area contributed by atoms with E-state index in [2.05, 4.69) is 39.6 Å². The van der Waals surface area contributed by atoms with Crippen LogP contribution in [0.3, 0.4) is 0 Å². The Morgan fingerprint density at radius 3 is 2.90 bits per heavy atom. The molecule has 1 N–H and O–H groups in total. The first-order valence-electron chi connectivity index (χ1n) is 7.48. The van der Waals surface area contributed by atoms with E-state index < -0.39 is 0 Å². The van der Waals surface area contributed by atoms with Gasteiger partial charge in [-0.25, -0.2) is 4.68 Å². The molecule has 1 aromatic heterocycles. The van der Waals surface area contributed by atoms with Crippen LogP contribution in [0.1, 0.15) is 12.8 Å². The number of hydrogen-bond donors (Lipinski definition) is 1. The van der Waals surface area contributed by atoms with E-state index in [-0.39, 0.29) is 0 Å². The molecule has 0 spiro atoms. The molecular weight excluding hydrogens is 248 g/mol. The molecule has 1 aromatic carbocycles.